The average molecular weight is 239 g/mol. The normalized spacial score (nSPS) is 14.7. The van der Waals surface area contributed by atoms with Crippen LogP contribution in [0, 0.1) is 6.92 Å². The molecule has 3 heteroatoms. The number of hydrogen-bond donors (Lipinski definition) is 1. The molecule has 92 valence electrons. The highest BCUT2D eigenvalue weighted by Gasteiger charge is 2.20. The highest BCUT2D eigenvalue weighted by Crippen LogP contribution is 2.25. The Balaban J connectivity index is 1.92. The largest absolute Gasteiger partial charge is 0.310 e. The van der Waals surface area contributed by atoms with E-state index in [4.69, 9.17) is 0 Å². The summed E-state index contributed by atoms with van der Waals surface area (Å²) in [5.74, 6) is 0. The molecule has 1 fully saturated rings. The van der Waals surface area contributed by atoms with Crippen LogP contribution >= 0.6 is 0 Å². The number of hydrogen-bond acceptors (Lipinski definition) is 3. The maximum atomic E-state index is 4.11. The fourth-order valence-electron chi connectivity index (χ4n) is 2.09. The number of benzene rings is 1. The molecular formula is C15H17N3. The molecule has 0 bridgehead atoms. The van der Waals surface area contributed by atoms with Gasteiger partial charge in [0, 0.05) is 30.5 Å². The Morgan fingerprint density at radius 3 is 2.72 bits per heavy atom. The number of rotatable bonds is 4. The van der Waals surface area contributed by atoms with E-state index in [1.807, 2.05) is 12.4 Å². The van der Waals surface area contributed by atoms with Gasteiger partial charge in [0.25, 0.3) is 0 Å². The lowest BCUT2D eigenvalue weighted by Gasteiger charge is -2.11. The van der Waals surface area contributed by atoms with E-state index in [-0.39, 0.29) is 0 Å². The zero-order valence-electron chi connectivity index (χ0n) is 10.6. The van der Waals surface area contributed by atoms with E-state index in [1.54, 1.807) is 6.33 Å². The smallest absolute Gasteiger partial charge is 0.115 e. The molecule has 18 heavy (non-hydrogen) atoms. The molecule has 0 atom stereocenters. The van der Waals surface area contributed by atoms with Gasteiger partial charge >= 0.3 is 0 Å². The van der Waals surface area contributed by atoms with Gasteiger partial charge in [0.05, 0.1) is 0 Å². The summed E-state index contributed by atoms with van der Waals surface area (Å²) in [6.45, 7) is 3.04. The van der Waals surface area contributed by atoms with Gasteiger partial charge in [-0.15, -0.1) is 0 Å². The summed E-state index contributed by atoms with van der Waals surface area (Å²) in [5.41, 5.74) is 4.92. The van der Waals surface area contributed by atoms with Crippen LogP contribution in [-0.2, 0) is 6.54 Å². The topological polar surface area (TPSA) is 37.8 Å². The molecule has 1 N–H and O–H groups in total. The predicted molar refractivity (Wildman–Crippen MR) is 72.1 cm³/mol. The van der Waals surface area contributed by atoms with Crippen molar-refractivity contribution in [2.45, 2.75) is 32.4 Å². The van der Waals surface area contributed by atoms with Crippen molar-refractivity contribution < 1.29 is 0 Å². The minimum Gasteiger partial charge on any atom is -0.310 e. The van der Waals surface area contributed by atoms with Gasteiger partial charge in [-0.05, 0) is 30.9 Å². The molecule has 0 radical (unpaired) electrons. The molecule has 2 aromatic rings. The standard InChI is InChI=1S/C15H17N3/c1-11-2-3-12(9-18-14-4-5-14)15(6-11)13-7-16-10-17-8-13/h2-3,6-8,10,14,18H,4-5,9H2,1H3. The molecule has 0 amide bonds. The molecule has 0 spiro atoms. The Labute approximate surface area is 107 Å². The van der Waals surface area contributed by atoms with Crippen molar-refractivity contribution in [2.75, 3.05) is 0 Å². The van der Waals surface area contributed by atoms with E-state index in [0.29, 0.717) is 0 Å². The third-order valence-electron chi connectivity index (χ3n) is 3.30. The van der Waals surface area contributed by atoms with Crippen LogP contribution in [0.25, 0.3) is 11.1 Å². The third kappa shape index (κ3) is 2.57. The van der Waals surface area contributed by atoms with E-state index in [2.05, 4.69) is 40.4 Å². The molecule has 0 unspecified atom stereocenters. The van der Waals surface area contributed by atoms with Crippen molar-refractivity contribution >= 4 is 0 Å². The Kier molecular flexibility index (Phi) is 3.07. The van der Waals surface area contributed by atoms with Crippen LogP contribution in [0.1, 0.15) is 24.0 Å². The predicted octanol–water partition coefficient (Wildman–Crippen LogP) is 2.70. The first kappa shape index (κ1) is 11.4. The fourth-order valence-corrected chi connectivity index (χ4v) is 2.09. The fraction of sp³-hybridized carbons (Fsp3) is 0.333. The monoisotopic (exact) mass is 239 g/mol. The van der Waals surface area contributed by atoms with Gasteiger partial charge in [-0.1, -0.05) is 23.8 Å². The van der Waals surface area contributed by atoms with E-state index in [1.165, 1.54) is 29.5 Å². The summed E-state index contributed by atoms with van der Waals surface area (Å²) in [7, 11) is 0. The summed E-state index contributed by atoms with van der Waals surface area (Å²) in [4.78, 5) is 8.22. The van der Waals surface area contributed by atoms with Gasteiger partial charge in [-0.3, -0.25) is 0 Å². The molecule has 1 saturated carbocycles. The van der Waals surface area contributed by atoms with Gasteiger partial charge in [0.1, 0.15) is 6.33 Å². The maximum Gasteiger partial charge on any atom is 0.115 e. The molecule has 1 heterocycles. The lowest BCUT2D eigenvalue weighted by molar-refractivity contribution is 0.688. The molecule has 1 aliphatic rings. The first-order chi connectivity index (χ1) is 8.83. The summed E-state index contributed by atoms with van der Waals surface area (Å²) in [6.07, 6.45) is 7.96. The van der Waals surface area contributed by atoms with Gasteiger partial charge in [0.15, 0.2) is 0 Å². The van der Waals surface area contributed by atoms with Crippen molar-refractivity contribution in [3.63, 3.8) is 0 Å². The van der Waals surface area contributed by atoms with Gasteiger partial charge in [-0.2, -0.15) is 0 Å². The maximum absolute atomic E-state index is 4.11. The zero-order chi connectivity index (χ0) is 12.4. The first-order valence-electron chi connectivity index (χ1n) is 6.41. The molecule has 1 aromatic heterocycles. The molecule has 3 nitrogen and oxygen atoms in total. The van der Waals surface area contributed by atoms with Gasteiger partial charge < -0.3 is 5.32 Å². The van der Waals surface area contributed by atoms with E-state index in [0.717, 1.165) is 18.2 Å². The number of nitrogens with one attached hydrogen (secondary N) is 1. The van der Waals surface area contributed by atoms with Gasteiger partial charge in [-0.25, -0.2) is 9.97 Å². The second-order valence-corrected chi connectivity index (χ2v) is 4.94. The molecule has 1 aliphatic carbocycles. The summed E-state index contributed by atoms with van der Waals surface area (Å²) >= 11 is 0. The van der Waals surface area contributed by atoms with Crippen LogP contribution in [0.3, 0.4) is 0 Å². The molecule has 1 aromatic carbocycles. The molecular weight excluding hydrogens is 222 g/mol. The molecule has 0 aliphatic heterocycles. The minimum absolute atomic E-state index is 0.728. The van der Waals surface area contributed by atoms with Crippen LogP contribution in [0.2, 0.25) is 0 Å². The van der Waals surface area contributed by atoms with Crippen molar-refractivity contribution in [3.8, 4) is 11.1 Å². The van der Waals surface area contributed by atoms with Crippen LogP contribution < -0.4 is 5.32 Å². The summed E-state index contributed by atoms with van der Waals surface area (Å²) < 4.78 is 0. The minimum atomic E-state index is 0.728. The number of nitrogens with zero attached hydrogens (tertiary/aromatic N) is 2. The van der Waals surface area contributed by atoms with Gasteiger partial charge in [0.2, 0.25) is 0 Å². The van der Waals surface area contributed by atoms with Crippen LogP contribution in [0.15, 0.2) is 36.9 Å². The molecule has 3 rings (SSSR count). The van der Waals surface area contributed by atoms with Crippen LogP contribution in [0.4, 0.5) is 0 Å². The summed E-state index contributed by atoms with van der Waals surface area (Å²) in [6, 6.07) is 7.30. The van der Waals surface area contributed by atoms with E-state index < -0.39 is 0 Å². The lowest BCUT2D eigenvalue weighted by atomic mass is 9.99. The Morgan fingerprint density at radius 2 is 2.00 bits per heavy atom. The summed E-state index contributed by atoms with van der Waals surface area (Å²) in [5, 5.41) is 3.56. The quantitative estimate of drug-likeness (QED) is 0.891. The second kappa shape index (κ2) is 4.86. The number of aryl methyl sites for hydroxylation is 1. The van der Waals surface area contributed by atoms with Crippen molar-refractivity contribution in [3.05, 3.63) is 48.0 Å². The van der Waals surface area contributed by atoms with Crippen LogP contribution in [0.5, 0.6) is 0 Å². The van der Waals surface area contributed by atoms with E-state index in [9.17, 15) is 0 Å². The highest BCUT2D eigenvalue weighted by atomic mass is 14.9. The molecule has 0 saturated heterocycles. The van der Waals surface area contributed by atoms with Crippen molar-refractivity contribution in [2.24, 2.45) is 0 Å². The van der Waals surface area contributed by atoms with Crippen molar-refractivity contribution in [1.82, 2.24) is 15.3 Å². The highest BCUT2D eigenvalue weighted by molar-refractivity contribution is 5.66. The lowest BCUT2D eigenvalue weighted by Crippen LogP contribution is -2.15. The zero-order valence-corrected chi connectivity index (χ0v) is 10.6. The average Bonchev–Trinajstić information content (AvgIpc) is 3.22. The van der Waals surface area contributed by atoms with Crippen LogP contribution in [-0.4, -0.2) is 16.0 Å². The number of aromatic nitrogens is 2. The Morgan fingerprint density at radius 1 is 1.22 bits per heavy atom. The SMILES string of the molecule is Cc1ccc(CNC2CC2)c(-c2cncnc2)c1. The third-order valence-corrected chi connectivity index (χ3v) is 3.30. The first-order valence-corrected chi connectivity index (χ1v) is 6.41. The Hall–Kier alpha value is -1.74. The van der Waals surface area contributed by atoms with E-state index >= 15 is 0 Å². The van der Waals surface area contributed by atoms with Crippen molar-refractivity contribution in [1.29, 1.82) is 0 Å². The second-order valence-electron chi connectivity index (χ2n) is 4.94. The Bertz CT molecular complexity index is 533.